The van der Waals surface area contributed by atoms with Crippen molar-refractivity contribution in [3.8, 4) is 0 Å². The molecule has 1 heterocycles. The second-order valence-electron chi connectivity index (χ2n) is 3.39. The summed E-state index contributed by atoms with van der Waals surface area (Å²) in [5.41, 5.74) is 0.777. The summed E-state index contributed by atoms with van der Waals surface area (Å²) in [4.78, 5) is 26.3. The quantitative estimate of drug-likeness (QED) is 0.604. The molecule has 5 nitrogen and oxygen atoms in total. The number of carbonyl (C=O) groups excluding carboxylic acids is 1. The highest BCUT2D eigenvalue weighted by Gasteiger charge is 2.10. The topological polar surface area (TPSA) is 79.3 Å². The lowest BCUT2D eigenvalue weighted by Gasteiger charge is -1.98. The van der Waals surface area contributed by atoms with E-state index in [0.29, 0.717) is 6.54 Å². The number of aryl methyl sites for hydroxylation is 1. The van der Waals surface area contributed by atoms with Gasteiger partial charge in [-0.1, -0.05) is 11.8 Å². The van der Waals surface area contributed by atoms with E-state index < -0.39 is 5.97 Å². The average molecular weight is 274 g/mol. The predicted molar refractivity (Wildman–Crippen MR) is 67.6 cm³/mol. The Morgan fingerprint density at radius 2 is 2.24 bits per heavy atom. The number of carboxylic acid groups (broad SMARTS) is 1. The summed E-state index contributed by atoms with van der Waals surface area (Å²) in [5.74, 6) is -0.155. The van der Waals surface area contributed by atoms with Gasteiger partial charge >= 0.3 is 5.97 Å². The van der Waals surface area contributed by atoms with Crippen molar-refractivity contribution in [2.75, 3.05) is 12.3 Å². The molecule has 0 bridgehead atoms. The number of thiazole rings is 1. The van der Waals surface area contributed by atoms with Gasteiger partial charge in [0, 0.05) is 24.1 Å². The molecule has 0 atom stereocenters. The first-order valence-electron chi connectivity index (χ1n) is 5.04. The van der Waals surface area contributed by atoms with Gasteiger partial charge in [0.05, 0.1) is 12.1 Å². The minimum Gasteiger partial charge on any atom is -0.481 e. The zero-order valence-corrected chi connectivity index (χ0v) is 11.3. The van der Waals surface area contributed by atoms with Crippen molar-refractivity contribution in [3.05, 3.63) is 10.6 Å². The monoisotopic (exact) mass is 274 g/mol. The van der Waals surface area contributed by atoms with Gasteiger partial charge in [-0.05, 0) is 6.92 Å². The second kappa shape index (κ2) is 6.61. The van der Waals surface area contributed by atoms with Crippen molar-refractivity contribution >= 4 is 35.0 Å². The third-order valence-electron chi connectivity index (χ3n) is 1.89. The molecule has 0 saturated heterocycles. The number of nitrogens with one attached hydrogen (secondary N) is 1. The molecule has 1 aromatic heterocycles. The number of rotatable bonds is 6. The highest BCUT2D eigenvalue weighted by molar-refractivity contribution is 8.01. The molecule has 0 saturated carbocycles. The fourth-order valence-electron chi connectivity index (χ4n) is 1.13. The van der Waals surface area contributed by atoms with Gasteiger partial charge in [-0.2, -0.15) is 0 Å². The fourth-order valence-corrected chi connectivity index (χ4v) is 3.28. The largest absolute Gasteiger partial charge is 0.481 e. The van der Waals surface area contributed by atoms with E-state index in [1.54, 1.807) is 0 Å². The molecule has 1 aromatic rings. The summed E-state index contributed by atoms with van der Waals surface area (Å²) in [6.45, 7) is 3.88. The van der Waals surface area contributed by atoms with Crippen molar-refractivity contribution in [2.24, 2.45) is 0 Å². The smallest absolute Gasteiger partial charge is 0.308 e. The van der Waals surface area contributed by atoms with Crippen LogP contribution in [-0.4, -0.2) is 34.3 Å². The lowest BCUT2D eigenvalue weighted by Crippen LogP contribution is -2.22. The molecular weight excluding hydrogens is 260 g/mol. The number of aromatic nitrogens is 1. The number of amides is 1. The van der Waals surface area contributed by atoms with Crippen molar-refractivity contribution < 1.29 is 14.7 Å². The van der Waals surface area contributed by atoms with Crippen LogP contribution in [0, 0.1) is 6.92 Å². The second-order valence-corrected chi connectivity index (χ2v) is 5.82. The molecule has 17 heavy (non-hydrogen) atoms. The van der Waals surface area contributed by atoms with Gasteiger partial charge in [0.15, 0.2) is 0 Å². The number of hydrogen-bond donors (Lipinski definition) is 2. The lowest BCUT2D eigenvalue weighted by molar-refractivity contribution is -0.136. The van der Waals surface area contributed by atoms with E-state index >= 15 is 0 Å². The highest BCUT2D eigenvalue weighted by Crippen LogP contribution is 2.27. The SMILES string of the molecule is CC(=O)NCCSc1nc(C)c(CC(=O)O)s1. The van der Waals surface area contributed by atoms with Gasteiger partial charge in [0.2, 0.25) is 5.91 Å². The molecule has 1 rings (SSSR count). The molecule has 0 unspecified atom stereocenters. The van der Waals surface area contributed by atoms with Crippen LogP contribution < -0.4 is 5.32 Å². The van der Waals surface area contributed by atoms with Crippen LogP contribution in [0.15, 0.2) is 4.34 Å². The van der Waals surface area contributed by atoms with Crippen LogP contribution in [0.1, 0.15) is 17.5 Å². The third kappa shape index (κ3) is 5.18. The van der Waals surface area contributed by atoms with Crippen LogP contribution in [0.2, 0.25) is 0 Å². The lowest BCUT2D eigenvalue weighted by atomic mass is 10.3. The molecule has 1 amide bonds. The molecule has 0 aliphatic carbocycles. The Morgan fingerprint density at radius 1 is 1.53 bits per heavy atom. The number of carboxylic acids is 1. The summed E-state index contributed by atoms with van der Waals surface area (Å²) in [5, 5.41) is 11.4. The summed E-state index contributed by atoms with van der Waals surface area (Å²) < 4.78 is 0.851. The summed E-state index contributed by atoms with van der Waals surface area (Å²) in [6, 6.07) is 0. The standard InChI is InChI=1S/C10H14N2O3S2/c1-6-8(5-9(14)15)17-10(12-6)16-4-3-11-7(2)13/h3-5H2,1-2H3,(H,11,13)(H,14,15). The van der Waals surface area contributed by atoms with Crippen LogP contribution in [0.5, 0.6) is 0 Å². The molecule has 2 N–H and O–H groups in total. The zero-order chi connectivity index (χ0) is 12.8. The third-order valence-corrected chi connectivity index (χ3v) is 4.19. The van der Waals surface area contributed by atoms with E-state index in [-0.39, 0.29) is 12.3 Å². The van der Waals surface area contributed by atoms with Crippen LogP contribution in [0.25, 0.3) is 0 Å². The Bertz CT molecular complexity index is 418. The maximum atomic E-state index is 10.6. The summed E-state index contributed by atoms with van der Waals surface area (Å²) in [7, 11) is 0. The van der Waals surface area contributed by atoms with Gasteiger partial charge in [0.25, 0.3) is 0 Å². The molecule has 0 spiro atoms. The van der Waals surface area contributed by atoms with Crippen molar-refractivity contribution in [3.63, 3.8) is 0 Å². The summed E-state index contributed by atoms with van der Waals surface area (Å²) >= 11 is 2.93. The van der Waals surface area contributed by atoms with E-state index in [1.165, 1.54) is 30.0 Å². The van der Waals surface area contributed by atoms with Crippen molar-refractivity contribution in [1.82, 2.24) is 10.3 Å². The summed E-state index contributed by atoms with van der Waals surface area (Å²) in [6.07, 6.45) is 0.0236. The molecule has 0 aromatic carbocycles. The molecule has 94 valence electrons. The number of hydrogen-bond acceptors (Lipinski definition) is 5. The van der Waals surface area contributed by atoms with Gasteiger partial charge in [0.1, 0.15) is 4.34 Å². The molecule has 0 radical (unpaired) electrons. The molecule has 0 aliphatic heterocycles. The Hall–Kier alpha value is -1.08. The molecule has 7 heteroatoms. The number of nitrogens with zero attached hydrogens (tertiary/aromatic N) is 1. The van der Waals surface area contributed by atoms with E-state index in [0.717, 1.165) is 20.7 Å². The van der Waals surface area contributed by atoms with E-state index in [2.05, 4.69) is 10.3 Å². The first-order chi connectivity index (χ1) is 7.99. The van der Waals surface area contributed by atoms with Gasteiger partial charge < -0.3 is 10.4 Å². The van der Waals surface area contributed by atoms with Crippen LogP contribution in [-0.2, 0) is 16.0 Å². The maximum absolute atomic E-state index is 10.6. The van der Waals surface area contributed by atoms with E-state index in [4.69, 9.17) is 5.11 Å². The fraction of sp³-hybridized carbons (Fsp3) is 0.500. The number of carbonyl (C=O) groups is 2. The molecule has 0 aliphatic rings. The van der Waals surface area contributed by atoms with Crippen LogP contribution >= 0.6 is 23.1 Å². The van der Waals surface area contributed by atoms with Crippen LogP contribution in [0.4, 0.5) is 0 Å². The van der Waals surface area contributed by atoms with E-state index in [9.17, 15) is 9.59 Å². The van der Waals surface area contributed by atoms with Gasteiger partial charge in [-0.3, -0.25) is 9.59 Å². The maximum Gasteiger partial charge on any atom is 0.308 e. The minimum absolute atomic E-state index is 0.0236. The zero-order valence-electron chi connectivity index (χ0n) is 9.65. The average Bonchev–Trinajstić information content (AvgIpc) is 2.53. The Labute approximate surface area is 108 Å². The van der Waals surface area contributed by atoms with Crippen molar-refractivity contribution in [1.29, 1.82) is 0 Å². The predicted octanol–water partition coefficient (Wildman–Crippen LogP) is 1.31. The first kappa shape index (κ1) is 14.0. The van der Waals surface area contributed by atoms with E-state index in [1.807, 2.05) is 6.92 Å². The first-order valence-corrected chi connectivity index (χ1v) is 6.84. The number of thioether (sulfide) groups is 1. The minimum atomic E-state index is -0.841. The van der Waals surface area contributed by atoms with Gasteiger partial charge in [-0.15, -0.1) is 11.3 Å². The van der Waals surface area contributed by atoms with Gasteiger partial charge in [-0.25, -0.2) is 4.98 Å². The Balaban J connectivity index is 2.44. The molecular formula is C10H14N2O3S2. The number of aliphatic carboxylic acids is 1. The highest BCUT2D eigenvalue weighted by atomic mass is 32.2. The van der Waals surface area contributed by atoms with Crippen LogP contribution in [0.3, 0.4) is 0 Å². The molecule has 0 fully saturated rings. The normalized spacial score (nSPS) is 10.2. The van der Waals surface area contributed by atoms with Crippen molar-refractivity contribution in [2.45, 2.75) is 24.6 Å². The Morgan fingerprint density at radius 3 is 2.82 bits per heavy atom. The Kier molecular flexibility index (Phi) is 5.43.